The Morgan fingerprint density at radius 1 is 0.480 bits per heavy atom. The van der Waals surface area contributed by atoms with E-state index in [1.54, 1.807) is 0 Å². The van der Waals surface area contributed by atoms with Gasteiger partial charge in [0, 0.05) is 0 Å². The van der Waals surface area contributed by atoms with Crippen molar-refractivity contribution in [2.24, 2.45) is 0 Å². The maximum absolute atomic E-state index is 12.5. The molecule has 0 rings (SSSR count). The summed E-state index contributed by atoms with van der Waals surface area (Å²) >= 11 is 0. The summed E-state index contributed by atoms with van der Waals surface area (Å²) in [5, 5.41) is 43.5. The lowest BCUT2D eigenvalue weighted by atomic mass is 10.00. The Morgan fingerprint density at radius 2 is 0.840 bits per heavy atom. The smallest absolute Gasteiger partial charge is 0.249 e. The number of carbonyl (C=O) groups is 1. The van der Waals surface area contributed by atoms with Crippen molar-refractivity contribution >= 4 is 5.91 Å². The lowest BCUT2D eigenvalue weighted by molar-refractivity contribution is -0.132. The minimum Gasteiger partial charge on any atom is -0.394 e. The molecule has 0 aromatic rings. The topological polar surface area (TPSA) is 110 Å². The summed E-state index contributed by atoms with van der Waals surface area (Å²) in [6.45, 7) is 4.03. The highest BCUT2D eigenvalue weighted by molar-refractivity contribution is 5.80. The number of amides is 1. The third kappa shape index (κ3) is 32.7. The maximum Gasteiger partial charge on any atom is 0.249 e. The molecule has 6 nitrogen and oxygen atoms in total. The van der Waals surface area contributed by atoms with Crippen molar-refractivity contribution in [3.05, 3.63) is 24.3 Å². The van der Waals surface area contributed by atoms with Gasteiger partial charge in [0.15, 0.2) is 0 Å². The van der Waals surface area contributed by atoms with Gasteiger partial charge in [-0.25, -0.2) is 0 Å². The van der Waals surface area contributed by atoms with E-state index in [0.717, 1.165) is 38.5 Å². The second-order valence-corrected chi connectivity index (χ2v) is 15.0. The van der Waals surface area contributed by atoms with Crippen LogP contribution in [0.2, 0.25) is 0 Å². The summed E-state index contributed by atoms with van der Waals surface area (Å²) in [5.74, 6) is -0.597. The van der Waals surface area contributed by atoms with Crippen LogP contribution < -0.4 is 5.32 Å². The zero-order chi connectivity index (χ0) is 36.8. The lowest BCUT2D eigenvalue weighted by Gasteiger charge is -2.27. The van der Waals surface area contributed by atoms with Crippen LogP contribution in [-0.4, -0.2) is 57.3 Å². The van der Waals surface area contributed by atoms with Crippen LogP contribution in [0.5, 0.6) is 0 Å². The summed E-state index contributed by atoms with van der Waals surface area (Å²) in [6.07, 6.45) is 43.6. The van der Waals surface area contributed by atoms with Crippen molar-refractivity contribution < 1.29 is 25.2 Å². The Kier molecular flexibility index (Phi) is 38.1. The average Bonchev–Trinajstić information content (AvgIpc) is 3.12. The first kappa shape index (κ1) is 48.8. The molecule has 0 saturated carbocycles. The molecule has 296 valence electrons. The molecule has 0 radical (unpaired) electrons. The summed E-state index contributed by atoms with van der Waals surface area (Å²) < 4.78 is 0. The number of hydrogen-bond donors (Lipinski definition) is 5. The fourth-order valence-corrected chi connectivity index (χ4v) is 6.66. The summed E-state index contributed by atoms with van der Waals surface area (Å²) in [6, 6.07) is -1.00. The highest BCUT2D eigenvalue weighted by Gasteiger charge is 2.28. The molecule has 0 aliphatic rings. The van der Waals surface area contributed by atoms with Crippen molar-refractivity contribution in [3.8, 4) is 0 Å². The van der Waals surface area contributed by atoms with Gasteiger partial charge in [0.2, 0.25) is 5.91 Å². The van der Waals surface area contributed by atoms with Crippen molar-refractivity contribution in [1.82, 2.24) is 5.32 Å². The Bertz CT molecular complexity index is 757. The van der Waals surface area contributed by atoms with Crippen LogP contribution in [0.15, 0.2) is 24.3 Å². The summed E-state index contributed by atoms with van der Waals surface area (Å²) in [7, 11) is 0. The molecule has 0 heterocycles. The molecule has 0 bridgehead atoms. The second kappa shape index (κ2) is 39.0. The number of aliphatic hydroxyl groups excluding tert-OH is 4. The largest absolute Gasteiger partial charge is 0.394 e. The zero-order valence-electron chi connectivity index (χ0n) is 33.2. The molecule has 4 atom stereocenters. The van der Waals surface area contributed by atoms with Crippen LogP contribution >= 0.6 is 0 Å². The lowest BCUT2D eigenvalue weighted by Crippen LogP contribution is -2.53. The number of aliphatic hydroxyl groups is 4. The van der Waals surface area contributed by atoms with E-state index >= 15 is 0 Å². The van der Waals surface area contributed by atoms with E-state index in [2.05, 4.69) is 43.5 Å². The number of carbonyl (C=O) groups excluding carboxylic acids is 1. The SMILES string of the molecule is CCCCCCCCCCCCCCC/C=C/CC/C=C/CCCC(O)C(O)C(CO)NC(=O)C(O)CCCCCCCCCCCCCC. The standard InChI is InChI=1S/C44H85NO5/c1-3-5-7-9-11-13-15-17-18-19-20-21-22-23-24-25-26-28-29-31-33-35-37-41(47)43(49)40(39-46)45-44(50)42(48)38-36-34-32-30-27-16-14-12-10-8-6-4-2/h24-25,29,31,40-43,46-49H,3-23,26-28,30,32-39H2,1-2H3,(H,45,50)/b25-24+,31-29+. The first-order chi connectivity index (χ1) is 24.5. The van der Waals surface area contributed by atoms with Gasteiger partial charge in [-0.2, -0.15) is 0 Å². The van der Waals surface area contributed by atoms with Crippen molar-refractivity contribution in [2.45, 2.75) is 244 Å². The fourth-order valence-electron chi connectivity index (χ4n) is 6.66. The predicted octanol–water partition coefficient (Wildman–Crippen LogP) is 11.2. The summed E-state index contributed by atoms with van der Waals surface area (Å²) in [5.41, 5.74) is 0. The van der Waals surface area contributed by atoms with Crippen LogP contribution in [0.3, 0.4) is 0 Å². The predicted molar refractivity (Wildman–Crippen MR) is 214 cm³/mol. The molecular weight excluding hydrogens is 622 g/mol. The van der Waals surface area contributed by atoms with Gasteiger partial charge >= 0.3 is 0 Å². The van der Waals surface area contributed by atoms with Gasteiger partial charge in [0.1, 0.15) is 12.2 Å². The van der Waals surface area contributed by atoms with Crippen LogP contribution in [-0.2, 0) is 4.79 Å². The molecule has 0 aliphatic heterocycles. The number of unbranched alkanes of at least 4 members (excludes halogenated alkanes) is 26. The normalized spacial score (nSPS) is 14.4. The number of hydrogen-bond acceptors (Lipinski definition) is 5. The van der Waals surface area contributed by atoms with Crippen molar-refractivity contribution in [3.63, 3.8) is 0 Å². The van der Waals surface area contributed by atoms with Crippen LogP contribution in [0.25, 0.3) is 0 Å². The van der Waals surface area contributed by atoms with Crippen LogP contribution in [0, 0.1) is 0 Å². The Labute approximate surface area is 310 Å². The van der Waals surface area contributed by atoms with Gasteiger partial charge in [-0.15, -0.1) is 0 Å². The van der Waals surface area contributed by atoms with E-state index in [1.807, 2.05) is 0 Å². The quantitative estimate of drug-likeness (QED) is 0.0323. The third-order valence-corrected chi connectivity index (χ3v) is 10.1. The number of rotatable bonds is 39. The van der Waals surface area contributed by atoms with E-state index < -0.39 is 36.9 Å². The molecule has 50 heavy (non-hydrogen) atoms. The first-order valence-electron chi connectivity index (χ1n) is 21.7. The molecule has 4 unspecified atom stereocenters. The van der Waals surface area contributed by atoms with E-state index in [1.165, 1.54) is 148 Å². The molecule has 0 aromatic carbocycles. The minimum atomic E-state index is -1.29. The molecule has 0 saturated heterocycles. The first-order valence-corrected chi connectivity index (χ1v) is 21.7. The van der Waals surface area contributed by atoms with Crippen LogP contribution in [0.1, 0.15) is 219 Å². The molecular formula is C44H85NO5. The zero-order valence-corrected chi connectivity index (χ0v) is 33.2. The monoisotopic (exact) mass is 708 g/mol. The van der Waals surface area contributed by atoms with Gasteiger partial charge < -0.3 is 25.7 Å². The fraction of sp³-hybridized carbons (Fsp3) is 0.886. The van der Waals surface area contributed by atoms with E-state index in [0.29, 0.717) is 19.3 Å². The molecule has 5 N–H and O–H groups in total. The molecule has 6 heteroatoms. The number of nitrogens with one attached hydrogen (secondary N) is 1. The van der Waals surface area contributed by atoms with Gasteiger partial charge in [-0.3, -0.25) is 4.79 Å². The van der Waals surface area contributed by atoms with E-state index in [9.17, 15) is 25.2 Å². The second-order valence-electron chi connectivity index (χ2n) is 15.0. The van der Waals surface area contributed by atoms with Gasteiger partial charge in [0.25, 0.3) is 0 Å². The van der Waals surface area contributed by atoms with Gasteiger partial charge in [-0.05, 0) is 51.4 Å². The minimum absolute atomic E-state index is 0.363. The number of allylic oxidation sites excluding steroid dienone is 4. The van der Waals surface area contributed by atoms with Gasteiger partial charge in [-0.1, -0.05) is 192 Å². The average molecular weight is 708 g/mol. The Balaban J connectivity index is 3.78. The maximum atomic E-state index is 12.5. The highest BCUT2D eigenvalue weighted by Crippen LogP contribution is 2.15. The highest BCUT2D eigenvalue weighted by atomic mass is 16.3. The van der Waals surface area contributed by atoms with Gasteiger partial charge in [0.05, 0.1) is 18.8 Å². The van der Waals surface area contributed by atoms with Crippen molar-refractivity contribution in [1.29, 1.82) is 0 Å². The van der Waals surface area contributed by atoms with Crippen LogP contribution in [0.4, 0.5) is 0 Å². The van der Waals surface area contributed by atoms with E-state index in [-0.39, 0.29) is 0 Å². The summed E-state index contributed by atoms with van der Waals surface area (Å²) in [4.78, 5) is 12.5. The van der Waals surface area contributed by atoms with Crippen molar-refractivity contribution in [2.75, 3.05) is 6.61 Å². The molecule has 0 aromatic heterocycles. The molecule has 1 amide bonds. The third-order valence-electron chi connectivity index (χ3n) is 10.1. The van der Waals surface area contributed by atoms with E-state index in [4.69, 9.17) is 0 Å². The molecule has 0 spiro atoms. The Hall–Kier alpha value is -1.21. The molecule has 0 aliphatic carbocycles. The Morgan fingerprint density at radius 3 is 1.26 bits per heavy atom. The molecule has 0 fully saturated rings.